The number of hydrogen-bond donors (Lipinski definition) is 1. The van der Waals surface area contributed by atoms with E-state index in [9.17, 15) is 0 Å². The van der Waals surface area contributed by atoms with E-state index in [1.807, 2.05) is 0 Å². The molecular formula is C12H19NO. The first-order chi connectivity index (χ1) is 6.83. The van der Waals surface area contributed by atoms with E-state index in [2.05, 4.69) is 25.2 Å². The maximum Gasteiger partial charge on any atom is 0.123 e. The normalized spacial score (nSPS) is 18.4. The predicted octanol–water partition coefficient (Wildman–Crippen LogP) is 3.04. The summed E-state index contributed by atoms with van der Waals surface area (Å²) in [5.41, 5.74) is 1.28. The Morgan fingerprint density at radius 1 is 1.57 bits per heavy atom. The minimum absolute atomic E-state index is 0.463. The lowest BCUT2D eigenvalue weighted by molar-refractivity contribution is 0.381. The summed E-state index contributed by atoms with van der Waals surface area (Å²) >= 11 is 0. The van der Waals surface area contributed by atoms with Crippen LogP contribution in [0.5, 0.6) is 0 Å². The van der Waals surface area contributed by atoms with Crippen LogP contribution in [0.4, 0.5) is 0 Å². The first kappa shape index (κ1) is 9.78. The molecule has 0 saturated heterocycles. The van der Waals surface area contributed by atoms with Crippen molar-refractivity contribution in [2.24, 2.45) is 5.92 Å². The zero-order chi connectivity index (χ0) is 9.97. The summed E-state index contributed by atoms with van der Waals surface area (Å²) in [5, 5.41) is 3.58. The summed E-state index contributed by atoms with van der Waals surface area (Å²) in [4.78, 5) is 0. The monoisotopic (exact) mass is 193 g/mol. The molecule has 0 amide bonds. The van der Waals surface area contributed by atoms with Gasteiger partial charge in [0.25, 0.3) is 0 Å². The highest BCUT2D eigenvalue weighted by molar-refractivity contribution is 5.20. The van der Waals surface area contributed by atoms with E-state index in [0.717, 1.165) is 18.2 Å². The van der Waals surface area contributed by atoms with Gasteiger partial charge in [0, 0.05) is 0 Å². The van der Waals surface area contributed by atoms with Gasteiger partial charge in [0.1, 0.15) is 5.76 Å². The Morgan fingerprint density at radius 3 is 2.86 bits per heavy atom. The van der Waals surface area contributed by atoms with E-state index in [4.69, 9.17) is 4.42 Å². The SMILES string of the molecule is CCCNC(c1occc1C)C1CC1. The van der Waals surface area contributed by atoms with Gasteiger partial charge in [0.05, 0.1) is 12.3 Å². The largest absolute Gasteiger partial charge is 0.467 e. The summed E-state index contributed by atoms with van der Waals surface area (Å²) < 4.78 is 5.56. The maximum atomic E-state index is 5.56. The molecule has 1 N–H and O–H groups in total. The Morgan fingerprint density at radius 2 is 2.36 bits per heavy atom. The average Bonchev–Trinajstić information content (AvgIpc) is 2.92. The van der Waals surface area contributed by atoms with E-state index in [1.165, 1.54) is 24.8 Å². The second-order valence-corrected chi connectivity index (χ2v) is 4.24. The van der Waals surface area contributed by atoms with Crippen LogP contribution in [0.1, 0.15) is 43.6 Å². The van der Waals surface area contributed by atoms with Gasteiger partial charge in [0.15, 0.2) is 0 Å². The number of aryl methyl sites for hydroxylation is 1. The Labute approximate surface area is 85.7 Å². The molecule has 1 aliphatic carbocycles. The van der Waals surface area contributed by atoms with Crippen molar-refractivity contribution in [1.29, 1.82) is 0 Å². The molecule has 1 aromatic heterocycles. The van der Waals surface area contributed by atoms with Gasteiger partial charge in [-0.25, -0.2) is 0 Å². The van der Waals surface area contributed by atoms with Crippen LogP contribution in [-0.4, -0.2) is 6.54 Å². The van der Waals surface area contributed by atoms with Gasteiger partial charge in [-0.2, -0.15) is 0 Å². The molecule has 1 aromatic rings. The molecule has 0 radical (unpaired) electrons. The van der Waals surface area contributed by atoms with Gasteiger partial charge >= 0.3 is 0 Å². The zero-order valence-electron chi connectivity index (χ0n) is 9.05. The fourth-order valence-corrected chi connectivity index (χ4v) is 1.91. The number of rotatable bonds is 5. The fraction of sp³-hybridized carbons (Fsp3) is 0.667. The number of hydrogen-bond acceptors (Lipinski definition) is 2. The van der Waals surface area contributed by atoms with Gasteiger partial charge in [0.2, 0.25) is 0 Å². The van der Waals surface area contributed by atoms with Crippen molar-refractivity contribution >= 4 is 0 Å². The number of nitrogens with one attached hydrogen (secondary N) is 1. The lowest BCUT2D eigenvalue weighted by atomic mass is 10.1. The van der Waals surface area contributed by atoms with Crippen LogP contribution < -0.4 is 5.32 Å². The molecule has 14 heavy (non-hydrogen) atoms. The minimum atomic E-state index is 0.463. The fourth-order valence-electron chi connectivity index (χ4n) is 1.91. The van der Waals surface area contributed by atoms with Gasteiger partial charge in [-0.3, -0.25) is 0 Å². The molecule has 0 bridgehead atoms. The third-order valence-corrected chi connectivity index (χ3v) is 2.89. The molecule has 1 unspecified atom stereocenters. The number of furan rings is 1. The van der Waals surface area contributed by atoms with E-state index < -0.39 is 0 Å². The Hall–Kier alpha value is -0.760. The standard InChI is InChI=1S/C12H19NO/c1-3-7-13-11(10-4-5-10)12-9(2)6-8-14-12/h6,8,10-11,13H,3-5,7H2,1-2H3. The molecule has 2 nitrogen and oxygen atoms in total. The molecule has 0 spiro atoms. The highest BCUT2D eigenvalue weighted by atomic mass is 16.3. The highest BCUT2D eigenvalue weighted by Crippen LogP contribution is 2.41. The first-order valence-corrected chi connectivity index (χ1v) is 5.60. The minimum Gasteiger partial charge on any atom is -0.467 e. The van der Waals surface area contributed by atoms with Crippen molar-refractivity contribution in [1.82, 2.24) is 5.32 Å². The van der Waals surface area contributed by atoms with Crippen LogP contribution in [0.25, 0.3) is 0 Å². The van der Waals surface area contributed by atoms with E-state index in [1.54, 1.807) is 6.26 Å². The Balaban J connectivity index is 2.06. The molecule has 2 rings (SSSR count). The van der Waals surface area contributed by atoms with Gasteiger partial charge in [-0.05, 0) is 50.3 Å². The topological polar surface area (TPSA) is 25.2 Å². The van der Waals surface area contributed by atoms with Gasteiger partial charge in [-0.1, -0.05) is 6.92 Å². The van der Waals surface area contributed by atoms with Crippen LogP contribution in [0.15, 0.2) is 16.7 Å². The van der Waals surface area contributed by atoms with Crippen molar-refractivity contribution in [3.8, 4) is 0 Å². The molecular weight excluding hydrogens is 174 g/mol. The molecule has 1 fully saturated rings. The Kier molecular flexibility index (Phi) is 2.92. The first-order valence-electron chi connectivity index (χ1n) is 5.60. The molecule has 0 aliphatic heterocycles. The lowest BCUT2D eigenvalue weighted by Gasteiger charge is -2.16. The van der Waals surface area contributed by atoms with E-state index >= 15 is 0 Å². The highest BCUT2D eigenvalue weighted by Gasteiger charge is 2.34. The second-order valence-electron chi connectivity index (χ2n) is 4.24. The van der Waals surface area contributed by atoms with Crippen molar-refractivity contribution in [3.63, 3.8) is 0 Å². The van der Waals surface area contributed by atoms with Crippen LogP contribution >= 0.6 is 0 Å². The molecule has 78 valence electrons. The molecule has 0 aromatic carbocycles. The second kappa shape index (κ2) is 4.18. The van der Waals surface area contributed by atoms with Crippen LogP contribution in [0.2, 0.25) is 0 Å². The average molecular weight is 193 g/mol. The molecule has 2 heteroatoms. The van der Waals surface area contributed by atoms with Crippen LogP contribution in [0.3, 0.4) is 0 Å². The van der Waals surface area contributed by atoms with Crippen molar-refractivity contribution in [3.05, 3.63) is 23.7 Å². The quantitative estimate of drug-likeness (QED) is 0.777. The summed E-state index contributed by atoms with van der Waals surface area (Å²) in [6.45, 7) is 5.41. The molecule has 1 heterocycles. The predicted molar refractivity (Wildman–Crippen MR) is 57.2 cm³/mol. The van der Waals surface area contributed by atoms with Gasteiger partial charge < -0.3 is 9.73 Å². The summed E-state index contributed by atoms with van der Waals surface area (Å²) in [5.74, 6) is 1.97. The molecule has 1 aliphatic rings. The Bertz CT molecular complexity index is 288. The molecule has 1 saturated carbocycles. The molecule has 1 atom stereocenters. The zero-order valence-corrected chi connectivity index (χ0v) is 9.05. The van der Waals surface area contributed by atoms with Crippen molar-refractivity contribution in [2.45, 2.75) is 39.2 Å². The van der Waals surface area contributed by atoms with Crippen LogP contribution in [-0.2, 0) is 0 Å². The smallest absolute Gasteiger partial charge is 0.123 e. The van der Waals surface area contributed by atoms with E-state index in [0.29, 0.717) is 6.04 Å². The van der Waals surface area contributed by atoms with Gasteiger partial charge in [-0.15, -0.1) is 0 Å². The van der Waals surface area contributed by atoms with Crippen molar-refractivity contribution < 1.29 is 4.42 Å². The summed E-state index contributed by atoms with van der Waals surface area (Å²) in [6, 6.07) is 2.52. The summed E-state index contributed by atoms with van der Waals surface area (Å²) in [7, 11) is 0. The van der Waals surface area contributed by atoms with Crippen LogP contribution in [0, 0.1) is 12.8 Å². The third-order valence-electron chi connectivity index (χ3n) is 2.89. The third kappa shape index (κ3) is 2.01. The van der Waals surface area contributed by atoms with E-state index in [-0.39, 0.29) is 0 Å². The lowest BCUT2D eigenvalue weighted by Crippen LogP contribution is -2.23. The van der Waals surface area contributed by atoms with Crippen molar-refractivity contribution in [2.75, 3.05) is 6.54 Å². The summed E-state index contributed by atoms with van der Waals surface area (Å²) in [6.07, 6.45) is 5.68. The maximum absolute atomic E-state index is 5.56.